The first-order valence-electron chi connectivity index (χ1n) is 5.60. The lowest BCUT2D eigenvalue weighted by Crippen LogP contribution is -2.13. The largest absolute Gasteiger partial charge is 0.397 e. The lowest BCUT2D eigenvalue weighted by atomic mass is 10.1. The molecule has 0 unspecified atom stereocenters. The molecule has 0 atom stereocenters. The Kier molecular flexibility index (Phi) is 3.98. The molecule has 0 aromatic heterocycles. The molecule has 0 heterocycles. The van der Waals surface area contributed by atoms with Crippen molar-refractivity contribution in [2.45, 2.75) is 6.92 Å². The number of aryl methyl sites for hydroxylation is 1. The number of amides is 1. The standard InChI is InChI=1S/C14H12Cl2N2O/c1-8-2-5-12(17)13(6-8)18-14(19)10-7-9(15)3-4-11(10)16/h2-7H,17H2,1H3,(H,18,19). The molecule has 3 nitrogen and oxygen atoms in total. The molecule has 0 aliphatic rings. The first-order chi connectivity index (χ1) is 8.97. The summed E-state index contributed by atoms with van der Waals surface area (Å²) in [6.07, 6.45) is 0. The van der Waals surface area contributed by atoms with Crippen LogP contribution in [0.25, 0.3) is 0 Å². The summed E-state index contributed by atoms with van der Waals surface area (Å²) in [4.78, 5) is 12.1. The van der Waals surface area contributed by atoms with E-state index in [2.05, 4.69) is 5.32 Å². The number of hydrogen-bond acceptors (Lipinski definition) is 2. The maximum Gasteiger partial charge on any atom is 0.257 e. The van der Waals surface area contributed by atoms with Crippen molar-refractivity contribution in [3.05, 3.63) is 57.6 Å². The Hall–Kier alpha value is -1.71. The number of carbonyl (C=O) groups is 1. The number of carbonyl (C=O) groups excluding carboxylic acids is 1. The van der Waals surface area contributed by atoms with E-state index in [9.17, 15) is 4.79 Å². The van der Waals surface area contributed by atoms with Crippen LogP contribution >= 0.6 is 23.2 Å². The fraction of sp³-hybridized carbons (Fsp3) is 0.0714. The van der Waals surface area contributed by atoms with E-state index in [0.717, 1.165) is 5.56 Å². The lowest BCUT2D eigenvalue weighted by molar-refractivity contribution is 0.102. The number of halogens is 2. The molecule has 1 amide bonds. The molecule has 0 fully saturated rings. The van der Waals surface area contributed by atoms with Crippen molar-refractivity contribution in [1.29, 1.82) is 0 Å². The van der Waals surface area contributed by atoms with Gasteiger partial charge in [0.25, 0.3) is 5.91 Å². The molecule has 0 spiro atoms. The van der Waals surface area contributed by atoms with E-state index in [4.69, 9.17) is 28.9 Å². The van der Waals surface area contributed by atoms with E-state index >= 15 is 0 Å². The van der Waals surface area contributed by atoms with Gasteiger partial charge < -0.3 is 11.1 Å². The Labute approximate surface area is 121 Å². The Morgan fingerprint density at radius 1 is 1.16 bits per heavy atom. The van der Waals surface area contributed by atoms with Gasteiger partial charge in [0.05, 0.1) is 22.0 Å². The van der Waals surface area contributed by atoms with Gasteiger partial charge in [-0.3, -0.25) is 4.79 Å². The second-order valence-electron chi connectivity index (χ2n) is 4.17. The monoisotopic (exact) mass is 294 g/mol. The Bertz CT molecular complexity index is 641. The van der Waals surface area contributed by atoms with E-state index in [-0.39, 0.29) is 5.91 Å². The summed E-state index contributed by atoms with van der Waals surface area (Å²) in [6, 6.07) is 10.1. The number of nitrogens with one attached hydrogen (secondary N) is 1. The molecule has 0 aliphatic heterocycles. The van der Waals surface area contributed by atoms with Crippen LogP contribution in [0.2, 0.25) is 10.0 Å². The number of hydrogen-bond donors (Lipinski definition) is 2. The van der Waals surface area contributed by atoms with Crippen LogP contribution in [0.1, 0.15) is 15.9 Å². The summed E-state index contributed by atoms with van der Waals surface area (Å²) in [5, 5.41) is 3.52. The fourth-order valence-corrected chi connectivity index (χ4v) is 2.01. The number of anilines is 2. The third kappa shape index (κ3) is 3.19. The average molecular weight is 295 g/mol. The molecule has 3 N–H and O–H groups in total. The van der Waals surface area contributed by atoms with Crippen molar-refractivity contribution in [2.75, 3.05) is 11.1 Å². The Balaban J connectivity index is 2.30. The SMILES string of the molecule is Cc1ccc(N)c(NC(=O)c2cc(Cl)ccc2Cl)c1. The van der Waals surface area contributed by atoms with Gasteiger partial charge in [-0.15, -0.1) is 0 Å². The number of benzene rings is 2. The van der Waals surface area contributed by atoms with Crippen molar-refractivity contribution < 1.29 is 4.79 Å². The second kappa shape index (κ2) is 5.51. The summed E-state index contributed by atoms with van der Waals surface area (Å²) in [7, 11) is 0. The van der Waals surface area contributed by atoms with Gasteiger partial charge in [-0.1, -0.05) is 29.3 Å². The van der Waals surface area contributed by atoms with Crippen LogP contribution in [0.4, 0.5) is 11.4 Å². The van der Waals surface area contributed by atoms with Crippen LogP contribution in [-0.2, 0) is 0 Å². The van der Waals surface area contributed by atoms with Gasteiger partial charge in [-0.25, -0.2) is 0 Å². The molecule has 0 saturated carbocycles. The molecule has 5 heteroatoms. The highest BCUT2D eigenvalue weighted by Gasteiger charge is 2.12. The minimum Gasteiger partial charge on any atom is -0.397 e. The summed E-state index contributed by atoms with van der Waals surface area (Å²) < 4.78 is 0. The van der Waals surface area contributed by atoms with Crippen LogP contribution < -0.4 is 11.1 Å². The predicted octanol–water partition coefficient (Wildman–Crippen LogP) is 4.14. The van der Waals surface area contributed by atoms with E-state index in [0.29, 0.717) is 27.0 Å². The second-order valence-corrected chi connectivity index (χ2v) is 5.01. The summed E-state index contributed by atoms with van der Waals surface area (Å²) in [5.74, 6) is -0.343. The first-order valence-corrected chi connectivity index (χ1v) is 6.35. The topological polar surface area (TPSA) is 55.1 Å². The van der Waals surface area contributed by atoms with Gasteiger partial charge in [0, 0.05) is 5.02 Å². The third-order valence-electron chi connectivity index (χ3n) is 2.63. The van der Waals surface area contributed by atoms with Crippen LogP contribution in [0.15, 0.2) is 36.4 Å². The molecule has 0 radical (unpaired) electrons. The van der Waals surface area contributed by atoms with E-state index in [1.165, 1.54) is 6.07 Å². The zero-order valence-electron chi connectivity index (χ0n) is 10.2. The first kappa shape index (κ1) is 13.7. The lowest BCUT2D eigenvalue weighted by Gasteiger charge is -2.10. The average Bonchev–Trinajstić information content (AvgIpc) is 2.36. The van der Waals surface area contributed by atoms with Crippen molar-refractivity contribution in [3.63, 3.8) is 0 Å². The van der Waals surface area contributed by atoms with Gasteiger partial charge >= 0.3 is 0 Å². The highest BCUT2D eigenvalue weighted by atomic mass is 35.5. The van der Waals surface area contributed by atoms with Crippen LogP contribution in [0.5, 0.6) is 0 Å². The number of rotatable bonds is 2. The molecule has 0 aliphatic carbocycles. The Morgan fingerprint density at radius 3 is 2.63 bits per heavy atom. The van der Waals surface area contributed by atoms with Gasteiger partial charge in [-0.2, -0.15) is 0 Å². The Morgan fingerprint density at radius 2 is 1.89 bits per heavy atom. The van der Waals surface area contributed by atoms with Crippen LogP contribution in [0.3, 0.4) is 0 Å². The molecule has 98 valence electrons. The predicted molar refractivity (Wildman–Crippen MR) is 80.0 cm³/mol. The molecule has 0 bridgehead atoms. The zero-order valence-corrected chi connectivity index (χ0v) is 11.7. The number of nitrogens with two attached hydrogens (primary N) is 1. The van der Waals surface area contributed by atoms with E-state index in [1.807, 2.05) is 13.0 Å². The van der Waals surface area contributed by atoms with Crippen molar-refractivity contribution in [2.24, 2.45) is 0 Å². The molecule has 2 aromatic rings. The minimum atomic E-state index is -0.343. The summed E-state index contributed by atoms with van der Waals surface area (Å²) >= 11 is 11.8. The highest BCUT2D eigenvalue weighted by molar-refractivity contribution is 6.36. The zero-order chi connectivity index (χ0) is 14.0. The molecule has 0 saturated heterocycles. The molecule has 2 rings (SSSR count). The van der Waals surface area contributed by atoms with Crippen molar-refractivity contribution in [1.82, 2.24) is 0 Å². The number of nitrogen functional groups attached to an aromatic ring is 1. The van der Waals surface area contributed by atoms with E-state index < -0.39 is 0 Å². The normalized spacial score (nSPS) is 10.3. The van der Waals surface area contributed by atoms with Gasteiger partial charge in [0.15, 0.2) is 0 Å². The van der Waals surface area contributed by atoms with E-state index in [1.54, 1.807) is 24.3 Å². The molecular formula is C14H12Cl2N2O. The smallest absolute Gasteiger partial charge is 0.257 e. The van der Waals surface area contributed by atoms with Gasteiger partial charge in [0.2, 0.25) is 0 Å². The van der Waals surface area contributed by atoms with Crippen LogP contribution in [-0.4, -0.2) is 5.91 Å². The van der Waals surface area contributed by atoms with Crippen molar-refractivity contribution in [3.8, 4) is 0 Å². The van der Waals surface area contributed by atoms with Gasteiger partial charge in [0.1, 0.15) is 0 Å². The maximum absolute atomic E-state index is 12.1. The minimum absolute atomic E-state index is 0.315. The molecular weight excluding hydrogens is 283 g/mol. The summed E-state index contributed by atoms with van der Waals surface area (Å²) in [5.41, 5.74) is 8.18. The quantitative estimate of drug-likeness (QED) is 0.818. The van der Waals surface area contributed by atoms with Crippen molar-refractivity contribution >= 4 is 40.5 Å². The maximum atomic E-state index is 12.1. The fourth-order valence-electron chi connectivity index (χ4n) is 1.64. The summed E-state index contributed by atoms with van der Waals surface area (Å²) in [6.45, 7) is 1.92. The third-order valence-corrected chi connectivity index (χ3v) is 3.19. The molecule has 19 heavy (non-hydrogen) atoms. The highest BCUT2D eigenvalue weighted by Crippen LogP contribution is 2.24. The van der Waals surface area contributed by atoms with Gasteiger partial charge in [-0.05, 0) is 42.8 Å². The molecule has 2 aromatic carbocycles. The van der Waals surface area contributed by atoms with Crippen LogP contribution in [0, 0.1) is 6.92 Å².